The lowest BCUT2D eigenvalue weighted by molar-refractivity contribution is 0.923. The van der Waals surface area contributed by atoms with Gasteiger partial charge in [0.15, 0.2) is 11.5 Å². The standard InChI is InChI=1S/C24H21N3/c1-3-6-17-11-14-22-21(15-17)19-7-4-5-8-20(19)24-26-25-23(27(22)24)18-12-9-16(2)10-13-18/h4-5,7-15H,3,6H2,1-2H3. The van der Waals surface area contributed by atoms with Gasteiger partial charge in [0.1, 0.15) is 0 Å². The highest BCUT2D eigenvalue weighted by Crippen LogP contribution is 2.32. The van der Waals surface area contributed by atoms with E-state index in [1.54, 1.807) is 0 Å². The summed E-state index contributed by atoms with van der Waals surface area (Å²) in [6.45, 7) is 4.32. The molecule has 3 nitrogen and oxygen atoms in total. The number of aromatic nitrogens is 3. The summed E-state index contributed by atoms with van der Waals surface area (Å²) in [5.74, 6) is 0.893. The van der Waals surface area contributed by atoms with Gasteiger partial charge in [-0.3, -0.25) is 4.40 Å². The Morgan fingerprint density at radius 1 is 0.815 bits per heavy atom. The lowest BCUT2D eigenvalue weighted by atomic mass is 10.0. The maximum Gasteiger partial charge on any atom is 0.169 e. The molecule has 5 aromatic rings. The van der Waals surface area contributed by atoms with E-state index in [0.717, 1.165) is 40.8 Å². The predicted octanol–water partition coefficient (Wildman–Crippen LogP) is 5.96. The van der Waals surface area contributed by atoms with Crippen molar-refractivity contribution in [1.82, 2.24) is 14.6 Å². The third-order valence-corrected chi connectivity index (χ3v) is 5.27. The highest BCUT2D eigenvalue weighted by Gasteiger charge is 2.15. The van der Waals surface area contributed by atoms with E-state index in [1.165, 1.54) is 21.9 Å². The van der Waals surface area contributed by atoms with Gasteiger partial charge in [-0.25, -0.2) is 0 Å². The smallest absolute Gasteiger partial charge is 0.169 e. The van der Waals surface area contributed by atoms with Gasteiger partial charge in [-0.1, -0.05) is 73.5 Å². The quantitative estimate of drug-likeness (QED) is 0.375. The molecular weight excluding hydrogens is 330 g/mol. The van der Waals surface area contributed by atoms with Crippen LogP contribution in [-0.4, -0.2) is 14.6 Å². The lowest BCUT2D eigenvalue weighted by Crippen LogP contribution is -1.95. The van der Waals surface area contributed by atoms with Crippen LogP contribution >= 0.6 is 0 Å². The SMILES string of the molecule is CCCc1ccc2c(c1)c1ccccc1c1nnc(-c3ccc(C)cc3)n21. The van der Waals surface area contributed by atoms with Crippen molar-refractivity contribution in [3.8, 4) is 11.4 Å². The second kappa shape index (κ2) is 6.20. The molecule has 0 saturated heterocycles. The maximum atomic E-state index is 4.57. The van der Waals surface area contributed by atoms with Crippen molar-refractivity contribution in [2.24, 2.45) is 0 Å². The van der Waals surface area contributed by atoms with Crippen molar-refractivity contribution in [1.29, 1.82) is 0 Å². The van der Waals surface area contributed by atoms with Gasteiger partial charge in [0, 0.05) is 16.3 Å². The van der Waals surface area contributed by atoms with Crippen LogP contribution in [0.2, 0.25) is 0 Å². The Balaban J connectivity index is 1.93. The molecule has 0 bridgehead atoms. The van der Waals surface area contributed by atoms with E-state index in [0.29, 0.717) is 0 Å². The second-order valence-corrected chi connectivity index (χ2v) is 7.20. The molecule has 0 aliphatic rings. The molecule has 3 heteroatoms. The van der Waals surface area contributed by atoms with Gasteiger partial charge in [-0.05, 0) is 36.4 Å². The van der Waals surface area contributed by atoms with E-state index < -0.39 is 0 Å². The minimum Gasteiger partial charge on any atom is -0.274 e. The fraction of sp³-hybridized carbons (Fsp3) is 0.167. The molecule has 0 radical (unpaired) electrons. The molecule has 0 atom stereocenters. The Labute approximate surface area is 158 Å². The van der Waals surface area contributed by atoms with Crippen molar-refractivity contribution in [2.45, 2.75) is 26.7 Å². The van der Waals surface area contributed by atoms with Crippen molar-refractivity contribution in [2.75, 3.05) is 0 Å². The highest BCUT2D eigenvalue weighted by atomic mass is 15.2. The predicted molar refractivity (Wildman–Crippen MR) is 112 cm³/mol. The van der Waals surface area contributed by atoms with Crippen molar-refractivity contribution in [3.05, 3.63) is 77.9 Å². The van der Waals surface area contributed by atoms with Crippen LogP contribution in [0.15, 0.2) is 66.7 Å². The molecule has 0 aliphatic carbocycles. The van der Waals surface area contributed by atoms with Gasteiger partial charge < -0.3 is 0 Å². The normalized spacial score (nSPS) is 11.6. The summed E-state index contributed by atoms with van der Waals surface area (Å²) in [6, 6.07) is 23.8. The lowest BCUT2D eigenvalue weighted by Gasteiger charge is -2.11. The summed E-state index contributed by atoms with van der Waals surface area (Å²) in [5.41, 5.74) is 5.77. The van der Waals surface area contributed by atoms with E-state index in [4.69, 9.17) is 0 Å². The van der Waals surface area contributed by atoms with E-state index >= 15 is 0 Å². The molecule has 3 aromatic carbocycles. The van der Waals surface area contributed by atoms with Crippen LogP contribution in [0.25, 0.3) is 38.7 Å². The molecule has 0 N–H and O–H groups in total. The van der Waals surface area contributed by atoms with Crippen LogP contribution in [0, 0.1) is 6.92 Å². The monoisotopic (exact) mass is 351 g/mol. The zero-order chi connectivity index (χ0) is 18.4. The Morgan fingerprint density at radius 2 is 1.59 bits per heavy atom. The number of hydrogen-bond donors (Lipinski definition) is 0. The van der Waals surface area contributed by atoms with Crippen molar-refractivity contribution >= 4 is 27.3 Å². The summed E-state index contributed by atoms with van der Waals surface area (Å²) in [4.78, 5) is 0. The number of hydrogen-bond acceptors (Lipinski definition) is 2. The largest absolute Gasteiger partial charge is 0.274 e. The van der Waals surface area contributed by atoms with Gasteiger partial charge in [0.05, 0.1) is 5.52 Å². The van der Waals surface area contributed by atoms with Crippen LogP contribution in [0.4, 0.5) is 0 Å². The number of fused-ring (bicyclic) bond motifs is 6. The number of nitrogens with zero attached hydrogens (tertiary/aromatic N) is 3. The Kier molecular flexibility index (Phi) is 3.68. The summed E-state index contributed by atoms with van der Waals surface area (Å²) in [7, 11) is 0. The molecular formula is C24H21N3. The van der Waals surface area contributed by atoms with Gasteiger partial charge in [0.2, 0.25) is 0 Å². The van der Waals surface area contributed by atoms with Crippen LogP contribution < -0.4 is 0 Å². The van der Waals surface area contributed by atoms with E-state index in [2.05, 4.69) is 95.2 Å². The van der Waals surface area contributed by atoms with Crippen LogP contribution in [0.5, 0.6) is 0 Å². The van der Waals surface area contributed by atoms with Crippen LogP contribution in [0.3, 0.4) is 0 Å². The Bertz CT molecular complexity index is 1280. The number of pyridine rings is 1. The van der Waals surface area contributed by atoms with E-state index in [9.17, 15) is 0 Å². The molecule has 0 saturated carbocycles. The highest BCUT2D eigenvalue weighted by molar-refractivity contribution is 6.12. The second-order valence-electron chi connectivity index (χ2n) is 7.20. The maximum absolute atomic E-state index is 4.57. The summed E-state index contributed by atoms with van der Waals surface area (Å²) in [5, 5.41) is 12.8. The molecule has 2 heterocycles. The topological polar surface area (TPSA) is 30.2 Å². The number of rotatable bonds is 3. The molecule has 0 fully saturated rings. The molecule has 132 valence electrons. The van der Waals surface area contributed by atoms with Gasteiger partial charge in [-0.15, -0.1) is 10.2 Å². The third kappa shape index (κ3) is 2.50. The molecule has 27 heavy (non-hydrogen) atoms. The number of benzene rings is 3. The van der Waals surface area contributed by atoms with Crippen LogP contribution in [0.1, 0.15) is 24.5 Å². The van der Waals surface area contributed by atoms with Crippen molar-refractivity contribution in [3.63, 3.8) is 0 Å². The fourth-order valence-corrected chi connectivity index (χ4v) is 3.93. The average molecular weight is 351 g/mol. The first kappa shape index (κ1) is 16.0. The molecule has 0 amide bonds. The first-order chi connectivity index (χ1) is 13.3. The summed E-state index contributed by atoms with van der Waals surface area (Å²) < 4.78 is 2.21. The minimum atomic E-state index is 0.893. The minimum absolute atomic E-state index is 0.893. The van der Waals surface area contributed by atoms with E-state index in [1.807, 2.05) is 0 Å². The van der Waals surface area contributed by atoms with Crippen molar-refractivity contribution < 1.29 is 0 Å². The summed E-state index contributed by atoms with van der Waals surface area (Å²) in [6.07, 6.45) is 2.24. The third-order valence-electron chi connectivity index (χ3n) is 5.27. The Hall–Kier alpha value is -3.20. The molecule has 2 aromatic heterocycles. The number of aryl methyl sites for hydroxylation is 2. The molecule has 5 rings (SSSR count). The molecule has 0 unspecified atom stereocenters. The van der Waals surface area contributed by atoms with Gasteiger partial charge in [0.25, 0.3) is 0 Å². The van der Waals surface area contributed by atoms with Gasteiger partial charge in [-0.2, -0.15) is 0 Å². The van der Waals surface area contributed by atoms with Crippen LogP contribution in [-0.2, 0) is 6.42 Å². The zero-order valence-electron chi connectivity index (χ0n) is 15.6. The Morgan fingerprint density at radius 3 is 2.37 bits per heavy atom. The molecule has 0 aliphatic heterocycles. The first-order valence-electron chi connectivity index (χ1n) is 9.52. The first-order valence-corrected chi connectivity index (χ1v) is 9.52. The molecule has 0 spiro atoms. The summed E-state index contributed by atoms with van der Waals surface area (Å²) >= 11 is 0. The average Bonchev–Trinajstić information content (AvgIpc) is 3.14. The zero-order valence-corrected chi connectivity index (χ0v) is 15.6. The van der Waals surface area contributed by atoms with E-state index in [-0.39, 0.29) is 0 Å². The van der Waals surface area contributed by atoms with Gasteiger partial charge >= 0.3 is 0 Å². The fourth-order valence-electron chi connectivity index (χ4n) is 3.93.